The molecule has 2 aromatic carbocycles. The molecule has 1 aliphatic carbocycles. The smallest absolute Gasteiger partial charge is 0.122 e. The van der Waals surface area contributed by atoms with Crippen molar-refractivity contribution >= 4 is 0 Å². The van der Waals surface area contributed by atoms with E-state index in [0.717, 1.165) is 45.4 Å². The fourth-order valence-electron chi connectivity index (χ4n) is 4.72. The first kappa shape index (κ1) is 20.3. The molecule has 0 unspecified atom stereocenters. The highest BCUT2D eigenvalue weighted by molar-refractivity contribution is 5.59. The van der Waals surface area contributed by atoms with Crippen LogP contribution in [0.3, 0.4) is 0 Å². The summed E-state index contributed by atoms with van der Waals surface area (Å²) < 4.78 is 0. The number of benzene rings is 2. The Kier molecular flexibility index (Phi) is 5.18. The van der Waals surface area contributed by atoms with Gasteiger partial charge in [-0.2, -0.15) is 0 Å². The van der Waals surface area contributed by atoms with Gasteiger partial charge in [0.15, 0.2) is 0 Å². The molecule has 0 saturated heterocycles. The van der Waals surface area contributed by atoms with E-state index >= 15 is 0 Å². The number of aryl methyl sites for hydroxylation is 4. The van der Waals surface area contributed by atoms with Gasteiger partial charge >= 0.3 is 0 Å². The molecule has 2 heteroatoms. The van der Waals surface area contributed by atoms with Gasteiger partial charge in [0, 0.05) is 17.0 Å². The molecule has 0 fully saturated rings. The zero-order chi connectivity index (χ0) is 20.8. The van der Waals surface area contributed by atoms with Crippen LogP contribution in [0, 0.1) is 33.1 Å². The van der Waals surface area contributed by atoms with Crippen molar-refractivity contribution in [3.8, 4) is 11.5 Å². The van der Waals surface area contributed by atoms with Crippen LogP contribution in [-0.2, 0) is 0 Å². The van der Waals surface area contributed by atoms with Crippen LogP contribution >= 0.6 is 0 Å². The number of allylic oxidation sites excluding steroid dienone is 4. The number of phenolic OH excluding ortho intramolecular Hbond substituents is 2. The zero-order valence-corrected chi connectivity index (χ0v) is 18.1. The fourth-order valence-corrected chi connectivity index (χ4v) is 4.72. The summed E-state index contributed by atoms with van der Waals surface area (Å²) in [6.07, 6.45) is 5.55. The molecule has 0 spiro atoms. The largest absolute Gasteiger partial charge is 0.507 e. The molecule has 0 saturated carbocycles. The molecule has 1 aliphatic rings. The molecule has 0 aromatic heterocycles. The van der Waals surface area contributed by atoms with Crippen molar-refractivity contribution in [1.29, 1.82) is 0 Å². The highest BCUT2D eigenvalue weighted by Gasteiger charge is 2.30. The Labute approximate surface area is 169 Å². The number of hydrogen-bond donors (Lipinski definition) is 2. The normalized spacial score (nSPS) is 16.1. The van der Waals surface area contributed by atoms with Crippen molar-refractivity contribution < 1.29 is 10.2 Å². The third kappa shape index (κ3) is 3.87. The van der Waals surface area contributed by atoms with E-state index in [1.807, 2.05) is 26.0 Å². The lowest BCUT2D eigenvalue weighted by Gasteiger charge is -2.32. The van der Waals surface area contributed by atoms with Crippen molar-refractivity contribution in [2.75, 3.05) is 0 Å². The van der Waals surface area contributed by atoms with Crippen molar-refractivity contribution in [1.82, 2.24) is 0 Å². The average Bonchev–Trinajstić information content (AvgIpc) is 2.54. The molecule has 2 aromatic rings. The minimum atomic E-state index is -0.216. The highest BCUT2D eigenvalue weighted by atomic mass is 16.3. The predicted molar refractivity (Wildman–Crippen MR) is 117 cm³/mol. The van der Waals surface area contributed by atoms with E-state index in [2.05, 4.69) is 58.9 Å². The van der Waals surface area contributed by atoms with Gasteiger partial charge in [-0.25, -0.2) is 0 Å². The molecule has 2 nitrogen and oxygen atoms in total. The first-order chi connectivity index (χ1) is 13.0. The van der Waals surface area contributed by atoms with Gasteiger partial charge in [0.05, 0.1) is 0 Å². The Balaban J connectivity index is 2.36. The molecule has 0 aliphatic heterocycles. The van der Waals surface area contributed by atoms with E-state index in [-0.39, 0.29) is 11.3 Å². The van der Waals surface area contributed by atoms with Gasteiger partial charge in [-0.05, 0) is 63.2 Å². The molecule has 2 N–H and O–H groups in total. The lowest BCUT2D eigenvalue weighted by atomic mass is 9.73. The lowest BCUT2D eigenvalue weighted by molar-refractivity contribution is 0.447. The van der Waals surface area contributed by atoms with Crippen LogP contribution in [0.1, 0.15) is 66.5 Å². The van der Waals surface area contributed by atoms with Crippen LogP contribution in [0.4, 0.5) is 0 Å². The molecule has 3 rings (SSSR count). The van der Waals surface area contributed by atoms with Crippen LogP contribution in [0.5, 0.6) is 11.5 Å². The Morgan fingerprint density at radius 2 is 1.25 bits per heavy atom. The molecular weight excluding hydrogens is 344 g/mol. The minimum absolute atomic E-state index is 0.0371. The Morgan fingerprint density at radius 3 is 1.68 bits per heavy atom. The van der Waals surface area contributed by atoms with E-state index in [1.165, 1.54) is 5.57 Å². The highest BCUT2D eigenvalue weighted by Crippen LogP contribution is 2.47. The summed E-state index contributed by atoms with van der Waals surface area (Å²) in [5.41, 5.74) is 8.13. The predicted octanol–water partition coefficient (Wildman–Crippen LogP) is 6.77. The first-order valence-corrected chi connectivity index (χ1v) is 9.98. The van der Waals surface area contributed by atoms with Crippen LogP contribution in [0.25, 0.3) is 0 Å². The zero-order valence-electron chi connectivity index (χ0n) is 18.1. The second-order valence-corrected chi connectivity index (χ2v) is 9.27. The van der Waals surface area contributed by atoms with Crippen molar-refractivity contribution in [2.45, 2.75) is 60.8 Å². The molecule has 0 heterocycles. The van der Waals surface area contributed by atoms with Gasteiger partial charge in [-0.15, -0.1) is 0 Å². The average molecular weight is 377 g/mol. The Hall–Kier alpha value is -2.48. The SMILES string of the molecule is CC1=CC(C(c2cc(C)cc(C)c2O)c2cc(C)cc(C)c2O)=CC(C)(C)C1. The molecule has 0 amide bonds. The van der Waals surface area contributed by atoms with Crippen LogP contribution in [0.2, 0.25) is 0 Å². The van der Waals surface area contributed by atoms with E-state index in [9.17, 15) is 10.2 Å². The van der Waals surface area contributed by atoms with Gasteiger partial charge in [0.25, 0.3) is 0 Å². The lowest BCUT2D eigenvalue weighted by Crippen LogP contribution is -2.17. The summed E-state index contributed by atoms with van der Waals surface area (Å²) in [6.45, 7) is 14.6. The summed E-state index contributed by atoms with van der Waals surface area (Å²) in [4.78, 5) is 0. The Morgan fingerprint density at radius 1 is 0.786 bits per heavy atom. The molecule has 0 atom stereocenters. The van der Waals surface area contributed by atoms with E-state index < -0.39 is 0 Å². The standard InChI is InChI=1S/C26H32O2/c1-15-8-18(4)24(27)21(11-15)23(20-10-17(3)13-26(6,7)14-20)22-12-16(2)9-19(5)25(22)28/h8-12,14,23,27-28H,13H2,1-7H3. The van der Waals surface area contributed by atoms with Gasteiger partial charge in [-0.1, -0.05) is 67.0 Å². The Bertz CT molecular complexity index is 932. The quantitative estimate of drug-likeness (QED) is 0.621. The number of aromatic hydroxyl groups is 2. The number of phenols is 2. The third-order valence-electron chi connectivity index (χ3n) is 5.61. The molecule has 0 bridgehead atoms. The van der Waals surface area contributed by atoms with Crippen molar-refractivity contribution in [3.05, 3.63) is 80.9 Å². The minimum Gasteiger partial charge on any atom is -0.507 e. The maximum Gasteiger partial charge on any atom is 0.122 e. The molecular formula is C26H32O2. The summed E-state index contributed by atoms with van der Waals surface area (Å²) >= 11 is 0. The van der Waals surface area contributed by atoms with Crippen LogP contribution in [0.15, 0.2) is 47.6 Å². The van der Waals surface area contributed by atoms with Crippen molar-refractivity contribution in [3.63, 3.8) is 0 Å². The maximum atomic E-state index is 11.0. The van der Waals surface area contributed by atoms with E-state index in [4.69, 9.17) is 0 Å². The fraction of sp³-hybridized carbons (Fsp3) is 0.385. The second-order valence-electron chi connectivity index (χ2n) is 9.27. The summed E-state index contributed by atoms with van der Waals surface area (Å²) in [5, 5.41) is 22.0. The van der Waals surface area contributed by atoms with Crippen LogP contribution < -0.4 is 0 Å². The third-order valence-corrected chi connectivity index (χ3v) is 5.61. The second kappa shape index (κ2) is 7.16. The van der Waals surface area contributed by atoms with Crippen molar-refractivity contribution in [2.24, 2.45) is 5.41 Å². The molecule has 28 heavy (non-hydrogen) atoms. The maximum absolute atomic E-state index is 11.0. The monoisotopic (exact) mass is 376 g/mol. The number of hydrogen-bond acceptors (Lipinski definition) is 2. The molecule has 148 valence electrons. The molecule has 0 radical (unpaired) electrons. The van der Waals surface area contributed by atoms with E-state index in [1.54, 1.807) is 0 Å². The van der Waals surface area contributed by atoms with Gasteiger partial charge < -0.3 is 10.2 Å². The number of rotatable bonds is 3. The first-order valence-electron chi connectivity index (χ1n) is 9.98. The van der Waals surface area contributed by atoms with Gasteiger partial charge in [0.2, 0.25) is 0 Å². The summed E-state index contributed by atoms with van der Waals surface area (Å²) in [7, 11) is 0. The summed E-state index contributed by atoms with van der Waals surface area (Å²) in [5.74, 6) is 0.403. The van der Waals surface area contributed by atoms with Crippen LogP contribution in [-0.4, -0.2) is 10.2 Å². The topological polar surface area (TPSA) is 40.5 Å². The summed E-state index contributed by atoms with van der Waals surface area (Å²) in [6, 6.07) is 8.10. The van der Waals surface area contributed by atoms with Gasteiger partial charge in [0.1, 0.15) is 11.5 Å². The van der Waals surface area contributed by atoms with E-state index in [0.29, 0.717) is 11.5 Å². The van der Waals surface area contributed by atoms with Gasteiger partial charge in [-0.3, -0.25) is 0 Å².